The van der Waals surface area contributed by atoms with E-state index >= 15 is 0 Å². The molecular weight excluding hydrogens is 240 g/mol. The summed E-state index contributed by atoms with van der Waals surface area (Å²) in [6.07, 6.45) is 0. The maximum atomic E-state index is 12.0. The minimum absolute atomic E-state index is 0.172. The van der Waals surface area contributed by atoms with Crippen molar-refractivity contribution in [1.82, 2.24) is 10.6 Å². The Morgan fingerprint density at radius 3 is 2.16 bits per heavy atom. The lowest BCUT2D eigenvalue weighted by atomic mass is 10.0. The summed E-state index contributed by atoms with van der Waals surface area (Å²) in [5.74, 6) is 0.0371. The first-order valence-corrected chi connectivity index (χ1v) is 6.64. The normalized spacial score (nSPS) is 12.1. The summed E-state index contributed by atoms with van der Waals surface area (Å²) >= 11 is 0. The van der Waals surface area contributed by atoms with Gasteiger partial charge in [0.1, 0.15) is 6.04 Å². The van der Waals surface area contributed by atoms with Gasteiger partial charge >= 0.3 is 0 Å². The molecule has 2 amide bonds. The lowest BCUT2D eigenvalue weighted by Crippen LogP contribution is -2.44. The zero-order chi connectivity index (χ0) is 14.4. The number of carbonyl (C=O) groups excluding carboxylic acids is 2. The maximum absolute atomic E-state index is 12.0. The third kappa shape index (κ3) is 4.39. The van der Waals surface area contributed by atoms with Crippen molar-refractivity contribution < 1.29 is 9.59 Å². The van der Waals surface area contributed by atoms with E-state index in [1.807, 2.05) is 19.1 Å². The predicted molar refractivity (Wildman–Crippen MR) is 76.1 cm³/mol. The van der Waals surface area contributed by atoms with E-state index in [0.29, 0.717) is 18.0 Å². The van der Waals surface area contributed by atoms with Crippen molar-refractivity contribution in [2.45, 2.75) is 39.7 Å². The molecular formula is C15H22N2O2. The average molecular weight is 262 g/mol. The Kier molecular flexibility index (Phi) is 5.55. The molecule has 1 atom stereocenters. The molecule has 0 spiro atoms. The fourth-order valence-corrected chi connectivity index (χ4v) is 1.69. The summed E-state index contributed by atoms with van der Waals surface area (Å²) in [7, 11) is 0. The Balaban J connectivity index is 2.65. The van der Waals surface area contributed by atoms with Gasteiger partial charge in [-0.1, -0.05) is 26.0 Å². The number of hydrogen-bond donors (Lipinski definition) is 2. The molecule has 4 nitrogen and oxygen atoms in total. The highest BCUT2D eigenvalue weighted by Gasteiger charge is 2.15. The Bertz CT molecular complexity index is 438. The van der Waals surface area contributed by atoms with E-state index in [9.17, 15) is 9.59 Å². The van der Waals surface area contributed by atoms with Gasteiger partial charge in [-0.05, 0) is 37.5 Å². The third-order valence-electron chi connectivity index (χ3n) is 2.93. The first-order valence-electron chi connectivity index (χ1n) is 6.64. The van der Waals surface area contributed by atoms with E-state index in [0.717, 1.165) is 0 Å². The van der Waals surface area contributed by atoms with Gasteiger partial charge < -0.3 is 10.6 Å². The minimum Gasteiger partial charge on any atom is -0.355 e. The Morgan fingerprint density at radius 2 is 1.68 bits per heavy atom. The molecule has 0 saturated carbocycles. The smallest absolute Gasteiger partial charge is 0.251 e. The average Bonchev–Trinajstić information content (AvgIpc) is 2.38. The predicted octanol–water partition coefficient (Wildman–Crippen LogP) is 2.06. The molecule has 0 aliphatic heterocycles. The SMILES string of the molecule is CCNC(=O)[C@H](C)NC(=O)c1ccc(C(C)C)cc1. The fraction of sp³-hybridized carbons (Fsp3) is 0.467. The second-order valence-electron chi connectivity index (χ2n) is 4.87. The third-order valence-corrected chi connectivity index (χ3v) is 2.93. The number of benzene rings is 1. The second kappa shape index (κ2) is 6.92. The molecule has 0 heterocycles. The molecule has 2 N–H and O–H groups in total. The molecule has 0 bridgehead atoms. The zero-order valence-electron chi connectivity index (χ0n) is 12.0. The van der Waals surface area contributed by atoms with Crippen molar-refractivity contribution >= 4 is 11.8 Å². The van der Waals surface area contributed by atoms with Crippen LogP contribution >= 0.6 is 0 Å². The van der Waals surface area contributed by atoms with Crippen LogP contribution in [0.4, 0.5) is 0 Å². The molecule has 1 rings (SSSR count). The van der Waals surface area contributed by atoms with Crippen molar-refractivity contribution in [3.8, 4) is 0 Å². The van der Waals surface area contributed by atoms with Crippen molar-refractivity contribution in [3.05, 3.63) is 35.4 Å². The van der Waals surface area contributed by atoms with Crippen LogP contribution in [-0.4, -0.2) is 24.4 Å². The molecule has 104 valence electrons. The Hall–Kier alpha value is -1.84. The highest BCUT2D eigenvalue weighted by atomic mass is 16.2. The first-order chi connectivity index (χ1) is 8.95. The van der Waals surface area contributed by atoms with Crippen LogP contribution in [0.3, 0.4) is 0 Å². The quantitative estimate of drug-likeness (QED) is 0.853. The number of amides is 2. The standard InChI is InChI=1S/C15H22N2O2/c1-5-16-14(18)11(4)17-15(19)13-8-6-12(7-9-13)10(2)3/h6-11H,5H2,1-4H3,(H,16,18)(H,17,19)/t11-/m0/s1. The molecule has 0 aromatic heterocycles. The molecule has 0 saturated heterocycles. The zero-order valence-corrected chi connectivity index (χ0v) is 12.0. The van der Waals surface area contributed by atoms with Crippen LogP contribution in [0, 0.1) is 0 Å². The number of carbonyl (C=O) groups is 2. The van der Waals surface area contributed by atoms with E-state index in [4.69, 9.17) is 0 Å². The molecule has 1 aromatic rings. The molecule has 0 aliphatic carbocycles. The lowest BCUT2D eigenvalue weighted by molar-refractivity contribution is -0.122. The summed E-state index contributed by atoms with van der Waals surface area (Å²) in [6.45, 7) is 8.28. The monoisotopic (exact) mass is 262 g/mol. The number of nitrogens with one attached hydrogen (secondary N) is 2. The van der Waals surface area contributed by atoms with E-state index in [2.05, 4.69) is 24.5 Å². The molecule has 0 fully saturated rings. The van der Waals surface area contributed by atoms with Crippen LogP contribution in [0.15, 0.2) is 24.3 Å². The fourth-order valence-electron chi connectivity index (χ4n) is 1.69. The number of likely N-dealkylation sites (N-methyl/N-ethyl adjacent to an activating group) is 1. The second-order valence-corrected chi connectivity index (χ2v) is 4.87. The van der Waals surface area contributed by atoms with Crippen LogP contribution in [0.1, 0.15) is 49.5 Å². The first kappa shape index (κ1) is 15.2. The molecule has 0 aliphatic rings. The Labute approximate surface area is 114 Å². The van der Waals surface area contributed by atoms with Gasteiger partial charge in [0.2, 0.25) is 5.91 Å². The van der Waals surface area contributed by atoms with Crippen molar-refractivity contribution in [3.63, 3.8) is 0 Å². The molecule has 0 unspecified atom stereocenters. The van der Waals surface area contributed by atoms with Gasteiger partial charge in [-0.2, -0.15) is 0 Å². The molecule has 19 heavy (non-hydrogen) atoms. The van der Waals surface area contributed by atoms with Gasteiger partial charge in [0, 0.05) is 12.1 Å². The van der Waals surface area contributed by atoms with Crippen LogP contribution in [0.2, 0.25) is 0 Å². The van der Waals surface area contributed by atoms with Crippen LogP contribution < -0.4 is 10.6 Å². The van der Waals surface area contributed by atoms with Gasteiger partial charge in [0.15, 0.2) is 0 Å². The summed E-state index contributed by atoms with van der Waals surface area (Å²) in [6, 6.07) is 6.92. The van der Waals surface area contributed by atoms with E-state index in [-0.39, 0.29) is 11.8 Å². The van der Waals surface area contributed by atoms with E-state index in [1.54, 1.807) is 19.1 Å². The van der Waals surface area contributed by atoms with Crippen LogP contribution in [-0.2, 0) is 4.79 Å². The molecule has 0 radical (unpaired) electrons. The number of rotatable bonds is 5. The van der Waals surface area contributed by atoms with Gasteiger partial charge in [-0.25, -0.2) is 0 Å². The largest absolute Gasteiger partial charge is 0.355 e. The van der Waals surface area contributed by atoms with Crippen molar-refractivity contribution in [2.75, 3.05) is 6.54 Å². The molecule has 1 aromatic carbocycles. The maximum Gasteiger partial charge on any atom is 0.251 e. The Morgan fingerprint density at radius 1 is 1.11 bits per heavy atom. The van der Waals surface area contributed by atoms with Gasteiger partial charge in [-0.3, -0.25) is 9.59 Å². The lowest BCUT2D eigenvalue weighted by Gasteiger charge is -2.13. The van der Waals surface area contributed by atoms with Crippen LogP contribution in [0.5, 0.6) is 0 Å². The van der Waals surface area contributed by atoms with Gasteiger partial charge in [-0.15, -0.1) is 0 Å². The summed E-state index contributed by atoms with van der Waals surface area (Å²) in [4.78, 5) is 23.5. The molecule has 4 heteroatoms. The highest BCUT2D eigenvalue weighted by Crippen LogP contribution is 2.14. The highest BCUT2D eigenvalue weighted by molar-refractivity contribution is 5.97. The van der Waals surface area contributed by atoms with Crippen molar-refractivity contribution in [2.24, 2.45) is 0 Å². The van der Waals surface area contributed by atoms with Crippen molar-refractivity contribution in [1.29, 1.82) is 0 Å². The topological polar surface area (TPSA) is 58.2 Å². The van der Waals surface area contributed by atoms with E-state index < -0.39 is 6.04 Å². The summed E-state index contributed by atoms with van der Waals surface area (Å²) in [5.41, 5.74) is 1.76. The van der Waals surface area contributed by atoms with Gasteiger partial charge in [0.25, 0.3) is 5.91 Å². The van der Waals surface area contributed by atoms with Crippen LogP contribution in [0.25, 0.3) is 0 Å². The minimum atomic E-state index is -0.530. The summed E-state index contributed by atoms with van der Waals surface area (Å²) < 4.78 is 0. The van der Waals surface area contributed by atoms with E-state index in [1.165, 1.54) is 5.56 Å². The number of hydrogen-bond acceptors (Lipinski definition) is 2. The summed E-state index contributed by atoms with van der Waals surface area (Å²) in [5, 5.41) is 5.35. The van der Waals surface area contributed by atoms with Gasteiger partial charge in [0.05, 0.1) is 0 Å².